The Bertz CT molecular complexity index is 393. The maximum atomic E-state index is 5.77. The maximum absolute atomic E-state index is 5.77. The lowest BCUT2D eigenvalue weighted by molar-refractivity contribution is 0.128. The molecule has 1 aromatic heterocycles. The van der Waals surface area contributed by atoms with Gasteiger partial charge in [-0.2, -0.15) is 0 Å². The number of rotatable bonds is 7. The van der Waals surface area contributed by atoms with Crippen LogP contribution in [0.3, 0.4) is 0 Å². The molecule has 0 aromatic carbocycles. The Morgan fingerprint density at radius 3 is 2.89 bits per heavy atom. The monoisotopic (exact) mass is 265 g/mol. The van der Waals surface area contributed by atoms with E-state index < -0.39 is 0 Å². The summed E-state index contributed by atoms with van der Waals surface area (Å²) in [4.78, 5) is 11.0. The molecule has 0 radical (unpaired) electrons. The van der Waals surface area contributed by atoms with Crippen molar-refractivity contribution < 1.29 is 4.74 Å². The standard InChI is InChI=1S/C13H23N5O/c1-2-19-10-13-16-11(14)9-12(17-13)15-5-8-18-6-3-4-7-18/h9H,2-8,10H2,1H3,(H3,14,15,16,17). The topological polar surface area (TPSA) is 76.3 Å². The van der Waals surface area contributed by atoms with Crippen molar-refractivity contribution in [1.82, 2.24) is 14.9 Å². The van der Waals surface area contributed by atoms with Gasteiger partial charge in [0.2, 0.25) is 0 Å². The predicted octanol–water partition coefficient (Wildman–Crippen LogP) is 1.10. The van der Waals surface area contributed by atoms with Crippen molar-refractivity contribution in [3.8, 4) is 0 Å². The summed E-state index contributed by atoms with van der Waals surface area (Å²) in [6, 6.07) is 1.76. The molecular weight excluding hydrogens is 242 g/mol. The highest BCUT2D eigenvalue weighted by Gasteiger charge is 2.10. The van der Waals surface area contributed by atoms with Gasteiger partial charge in [-0.1, -0.05) is 0 Å². The molecular formula is C13H23N5O. The lowest BCUT2D eigenvalue weighted by Crippen LogP contribution is -2.26. The van der Waals surface area contributed by atoms with Gasteiger partial charge in [-0.25, -0.2) is 9.97 Å². The first-order valence-corrected chi connectivity index (χ1v) is 6.95. The van der Waals surface area contributed by atoms with Crippen molar-refractivity contribution in [2.75, 3.05) is 43.8 Å². The smallest absolute Gasteiger partial charge is 0.158 e. The van der Waals surface area contributed by atoms with Crippen LogP contribution in [0.5, 0.6) is 0 Å². The van der Waals surface area contributed by atoms with E-state index in [9.17, 15) is 0 Å². The summed E-state index contributed by atoms with van der Waals surface area (Å²) in [5.74, 6) is 1.89. The van der Waals surface area contributed by atoms with Crippen molar-refractivity contribution >= 4 is 11.6 Å². The minimum absolute atomic E-state index is 0.405. The number of anilines is 2. The Balaban J connectivity index is 1.82. The van der Waals surface area contributed by atoms with Gasteiger partial charge >= 0.3 is 0 Å². The third kappa shape index (κ3) is 4.65. The third-order valence-electron chi connectivity index (χ3n) is 3.16. The number of nitrogen functional groups attached to an aromatic ring is 1. The van der Waals surface area contributed by atoms with Crippen LogP contribution < -0.4 is 11.1 Å². The summed E-state index contributed by atoms with van der Waals surface area (Å²) in [6.45, 7) is 7.35. The second-order valence-electron chi connectivity index (χ2n) is 4.71. The molecule has 6 heteroatoms. The van der Waals surface area contributed by atoms with Gasteiger partial charge in [0.1, 0.15) is 18.2 Å². The van der Waals surface area contributed by atoms with Crippen molar-refractivity contribution in [3.05, 3.63) is 11.9 Å². The summed E-state index contributed by atoms with van der Waals surface area (Å²) in [5, 5.41) is 3.30. The van der Waals surface area contributed by atoms with E-state index >= 15 is 0 Å². The maximum Gasteiger partial charge on any atom is 0.158 e. The molecule has 1 fully saturated rings. The van der Waals surface area contributed by atoms with E-state index in [1.54, 1.807) is 6.07 Å². The van der Waals surface area contributed by atoms with Crippen LogP contribution in [-0.4, -0.2) is 47.7 Å². The van der Waals surface area contributed by atoms with E-state index in [2.05, 4.69) is 20.2 Å². The van der Waals surface area contributed by atoms with Crippen molar-refractivity contribution in [3.63, 3.8) is 0 Å². The first-order valence-electron chi connectivity index (χ1n) is 6.95. The number of nitrogens with zero attached hydrogens (tertiary/aromatic N) is 3. The Kier molecular flexibility index (Phi) is 5.35. The van der Waals surface area contributed by atoms with Gasteiger partial charge in [0.05, 0.1) is 0 Å². The quantitative estimate of drug-likeness (QED) is 0.769. The lowest BCUT2D eigenvalue weighted by atomic mass is 10.4. The summed E-state index contributed by atoms with van der Waals surface area (Å²) >= 11 is 0. The van der Waals surface area contributed by atoms with Gasteiger partial charge in [0.15, 0.2) is 5.82 Å². The third-order valence-corrected chi connectivity index (χ3v) is 3.16. The molecule has 0 saturated carbocycles. The minimum Gasteiger partial charge on any atom is -0.384 e. The molecule has 0 aliphatic carbocycles. The molecule has 6 nitrogen and oxygen atoms in total. The van der Waals surface area contributed by atoms with E-state index in [4.69, 9.17) is 10.5 Å². The zero-order valence-corrected chi connectivity index (χ0v) is 11.6. The molecule has 3 N–H and O–H groups in total. The Hall–Kier alpha value is -1.40. The molecule has 1 aromatic rings. The van der Waals surface area contributed by atoms with E-state index in [1.165, 1.54) is 25.9 Å². The minimum atomic E-state index is 0.405. The molecule has 0 amide bonds. The van der Waals surface area contributed by atoms with Gasteiger partial charge in [0.25, 0.3) is 0 Å². The number of ether oxygens (including phenoxy) is 1. The van der Waals surface area contributed by atoms with Gasteiger partial charge in [0, 0.05) is 25.8 Å². The van der Waals surface area contributed by atoms with E-state index in [1.807, 2.05) is 6.92 Å². The van der Waals surface area contributed by atoms with Crippen LogP contribution in [0.1, 0.15) is 25.6 Å². The van der Waals surface area contributed by atoms with Crippen LogP contribution in [-0.2, 0) is 11.3 Å². The van der Waals surface area contributed by atoms with E-state index in [0.717, 1.165) is 18.9 Å². The molecule has 0 bridgehead atoms. The van der Waals surface area contributed by atoms with E-state index in [-0.39, 0.29) is 0 Å². The zero-order valence-electron chi connectivity index (χ0n) is 11.6. The predicted molar refractivity (Wildman–Crippen MR) is 75.9 cm³/mol. The Labute approximate surface area is 114 Å². The molecule has 2 heterocycles. The number of aromatic nitrogens is 2. The summed E-state index contributed by atoms with van der Waals surface area (Å²) < 4.78 is 5.30. The largest absolute Gasteiger partial charge is 0.384 e. The molecule has 19 heavy (non-hydrogen) atoms. The second kappa shape index (κ2) is 7.25. The second-order valence-corrected chi connectivity index (χ2v) is 4.71. The first kappa shape index (κ1) is 14.0. The highest BCUT2D eigenvalue weighted by Crippen LogP contribution is 2.10. The molecule has 1 aliphatic heterocycles. The van der Waals surface area contributed by atoms with Crippen molar-refractivity contribution in [2.45, 2.75) is 26.4 Å². The lowest BCUT2D eigenvalue weighted by Gasteiger charge is -2.15. The molecule has 0 atom stereocenters. The number of hydrogen-bond acceptors (Lipinski definition) is 6. The van der Waals surface area contributed by atoms with Gasteiger partial charge < -0.3 is 20.7 Å². The van der Waals surface area contributed by atoms with E-state index in [0.29, 0.717) is 24.9 Å². The number of nitrogens with one attached hydrogen (secondary N) is 1. The fourth-order valence-electron chi connectivity index (χ4n) is 2.21. The fourth-order valence-corrected chi connectivity index (χ4v) is 2.21. The summed E-state index contributed by atoms with van der Waals surface area (Å²) in [7, 11) is 0. The van der Waals surface area contributed by atoms with Crippen LogP contribution in [0.15, 0.2) is 6.07 Å². The molecule has 0 unspecified atom stereocenters. The summed E-state index contributed by atoms with van der Waals surface area (Å²) in [6.07, 6.45) is 2.64. The van der Waals surface area contributed by atoms with Gasteiger partial charge in [-0.15, -0.1) is 0 Å². The van der Waals surface area contributed by atoms with Crippen LogP contribution >= 0.6 is 0 Å². The van der Waals surface area contributed by atoms with Gasteiger partial charge in [-0.05, 0) is 32.9 Å². The van der Waals surface area contributed by atoms with Crippen LogP contribution in [0.2, 0.25) is 0 Å². The van der Waals surface area contributed by atoms with Crippen LogP contribution in [0.25, 0.3) is 0 Å². The van der Waals surface area contributed by atoms with Gasteiger partial charge in [-0.3, -0.25) is 0 Å². The molecule has 1 saturated heterocycles. The number of likely N-dealkylation sites (tertiary alicyclic amines) is 1. The summed E-state index contributed by atoms with van der Waals surface area (Å²) in [5.41, 5.74) is 5.77. The molecule has 106 valence electrons. The fraction of sp³-hybridized carbons (Fsp3) is 0.692. The number of nitrogens with two attached hydrogens (primary N) is 1. The molecule has 1 aliphatic rings. The molecule has 2 rings (SSSR count). The average Bonchev–Trinajstić information content (AvgIpc) is 2.89. The van der Waals surface area contributed by atoms with Crippen LogP contribution in [0, 0.1) is 0 Å². The average molecular weight is 265 g/mol. The zero-order chi connectivity index (χ0) is 13.5. The first-order chi connectivity index (χ1) is 9.28. The van der Waals surface area contributed by atoms with Crippen molar-refractivity contribution in [2.24, 2.45) is 0 Å². The number of hydrogen-bond donors (Lipinski definition) is 2. The van der Waals surface area contributed by atoms with Crippen molar-refractivity contribution in [1.29, 1.82) is 0 Å². The normalized spacial score (nSPS) is 15.8. The highest BCUT2D eigenvalue weighted by molar-refractivity contribution is 5.44. The molecule has 0 spiro atoms. The highest BCUT2D eigenvalue weighted by atomic mass is 16.5. The van der Waals surface area contributed by atoms with Crippen LogP contribution in [0.4, 0.5) is 11.6 Å². The SMILES string of the molecule is CCOCc1nc(N)cc(NCCN2CCCC2)n1. The Morgan fingerprint density at radius 2 is 2.16 bits per heavy atom. The Morgan fingerprint density at radius 1 is 1.37 bits per heavy atom.